The number of halogens is 1. The number of nitrogens with zero attached hydrogens (tertiary/aromatic N) is 2. The predicted octanol–water partition coefficient (Wildman–Crippen LogP) is 4.97. The van der Waals surface area contributed by atoms with Crippen LogP contribution < -0.4 is 0 Å². The van der Waals surface area contributed by atoms with Crippen molar-refractivity contribution in [1.82, 2.24) is 9.55 Å². The van der Waals surface area contributed by atoms with E-state index < -0.39 is 5.97 Å². The molecular formula is C21H17BrN2O2. The van der Waals surface area contributed by atoms with Crippen molar-refractivity contribution in [3.8, 4) is 11.4 Å². The molecule has 4 rings (SSSR count). The highest BCUT2D eigenvalue weighted by Crippen LogP contribution is 2.37. The minimum absolute atomic E-state index is 0.267. The summed E-state index contributed by atoms with van der Waals surface area (Å²) in [5.74, 6) is -0.0893. The molecule has 0 saturated heterocycles. The van der Waals surface area contributed by atoms with Gasteiger partial charge in [-0.1, -0.05) is 46.3 Å². The van der Waals surface area contributed by atoms with Gasteiger partial charge in [-0.25, -0.2) is 9.78 Å². The molecule has 5 heteroatoms. The third-order valence-electron chi connectivity index (χ3n) is 4.73. The zero-order valence-electron chi connectivity index (χ0n) is 14.0. The van der Waals surface area contributed by atoms with Crippen molar-refractivity contribution >= 4 is 28.0 Å². The van der Waals surface area contributed by atoms with Crippen LogP contribution in [0.4, 0.5) is 0 Å². The van der Waals surface area contributed by atoms with Gasteiger partial charge in [0.1, 0.15) is 5.82 Å². The lowest BCUT2D eigenvalue weighted by Crippen LogP contribution is -2.17. The number of rotatable bonds is 4. The van der Waals surface area contributed by atoms with Crippen LogP contribution in [0.3, 0.4) is 0 Å². The van der Waals surface area contributed by atoms with Gasteiger partial charge in [-0.2, -0.15) is 0 Å². The van der Waals surface area contributed by atoms with Crippen LogP contribution in [0.1, 0.15) is 23.6 Å². The quantitative estimate of drug-likeness (QED) is 0.662. The smallest absolute Gasteiger partial charge is 0.333 e. The van der Waals surface area contributed by atoms with Gasteiger partial charge >= 0.3 is 5.97 Å². The summed E-state index contributed by atoms with van der Waals surface area (Å²) in [5, 5.41) is 9.88. The first-order chi connectivity index (χ1) is 12.6. The monoisotopic (exact) mass is 408 g/mol. The molecule has 0 bridgehead atoms. The highest BCUT2D eigenvalue weighted by Gasteiger charge is 2.28. The molecular weight excluding hydrogens is 392 g/mol. The van der Waals surface area contributed by atoms with Crippen LogP contribution in [-0.2, 0) is 11.2 Å². The van der Waals surface area contributed by atoms with E-state index in [4.69, 9.17) is 0 Å². The molecule has 2 heterocycles. The fourth-order valence-electron chi connectivity index (χ4n) is 3.49. The number of aromatic nitrogens is 2. The predicted molar refractivity (Wildman–Crippen MR) is 105 cm³/mol. The second kappa shape index (κ2) is 6.92. The summed E-state index contributed by atoms with van der Waals surface area (Å²) in [6.07, 6.45) is 6.89. The van der Waals surface area contributed by atoms with E-state index in [-0.39, 0.29) is 6.04 Å². The van der Waals surface area contributed by atoms with Crippen molar-refractivity contribution in [3.05, 3.63) is 82.1 Å². The Morgan fingerprint density at radius 1 is 1.19 bits per heavy atom. The van der Waals surface area contributed by atoms with Crippen molar-refractivity contribution in [3.63, 3.8) is 0 Å². The number of benzene rings is 2. The highest BCUT2D eigenvalue weighted by atomic mass is 79.9. The van der Waals surface area contributed by atoms with Gasteiger partial charge in [-0.15, -0.1) is 0 Å². The van der Waals surface area contributed by atoms with Gasteiger partial charge in [0.15, 0.2) is 0 Å². The van der Waals surface area contributed by atoms with E-state index in [1.165, 1.54) is 5.56 Å². The molecule has 1 aliphatic rings. The molecule has 130 valence electrons. The standard InChI is InChI=1S/C21H17BrN2O2/c22-16-7-8-17-15(12-16)13-18(21(25)26)19(24-11-10-23-20(17)24)9-6-14-4-2-1-3-5-14/h1-5,7-8,10-13,19H,6,9H2,(H,25,26)/t19-/m0/s1. The topological polar surface area (TPSA) is 55.1 Å². The molecule has 0 spiro atoms. The van der Waals surface area contributed by atoms with Crippen LogP contribution in [0.2, 0.25) is 0 Å². The Labute approximate surface area is 160 Å². The Hall–Kier alpha value is -2.66. The molecule has 0 unspecified atom stereocenters. The zero-order valence-corrected chi connectivity index (χ0v) is 15.6. The van der Waals surface area contributed by atoms with E-state index >= 15 is 0 Å². The van der Waals surface area contributed by atoms with Gasteiger partial charge in [-0.05, 0) is 48.2 Å². The van der Waals surface area contributed by atoms with Gasteiger partial charge < -0.3 is 9.67 Å². The second-order valence-corrected chi connectivity index (χ2v) is 7.25. The van der Waals surface area contributed by atoms with Crippen LogP contribution >= 0.6 is 15.9 Å². The Kier molecular flexibility index (Phi) is 4.47. The van der Waals surface area contributed by atoms with Crippen molar-refractivity contribution in [2.75, 3.05) is 0 Å². The maximum absolute atomic E-state index is 12.0. The third kappa shape index (κ3) is 3.10. The lowest BCUT2D eigenvalue weighted by Gasteiger charge is -2.20. The fraction of sp³-hybridized carbons (Fsp3) is 0.143. The average Bonchev–Trinajstić information content (AvgIpc) is 3.06. The SMILES string of the molecule is O=C(O)C1=Cc2cc(Br)ccc2-c2nccn2[C@H]1CCc1ccccc1. The summed E-state index contributed by atoms with van der Waals surface area (Å²) >= 11 is 3.48. The summed E-state index contributed by atoms with van der Waals surface area (Å²) in [6.45, 7) is 0. The van der Waals surface area contributed by atoms with E-state index in [0.717, 1.165) is 27.8 Å². The second-order valence-electron chi connectivity index (χ2n) is 6.33. The number of carboxylic acids is 1. The average molecular weight is 409 g/mol. The van der Waals surface area contributed by atoms with Crippen LogP contribution in [-0.4, -0.2) is 20.6 Å². The van der Waals surface area contributed by atoms with Crippen molar-refractivity contribution in [2.24, 2.45) is 0 Å². The normalized spacial score (nSPS) is 15.6. The molecule has 26 heavy (non-hydrogen) atoms. The summed E-state index contributed by atoms with van der Waals surface area (Å²) < 4.78 is 2.90. The molecule has 0 saturated carbocycles. The van der Waals surface area contributed by atoms with E-state index in [0.29, 0.717) is 12.0 Å². The Morgan fingerprint density at radius 3 is 2.77 bits per heavy atom. The molecule has 3 aromatic rings. The largest absolute Gasteiger partial charge is 0.478 e. The third-order valence-corrected chi connectivity index (χ3v) is 5.22. The number of fused-ring (bicyclic) bond motifs is 3. The highest BCUT2D eigenvalue weighted by molar-refractivity contribution is 9.10. The maximum atomic E-state index is 12.0. The minimum Gasteiger partial charge on any atom is -0.478 e. The van der Waals surface area contributed by atoms with E-state index in [9.17, 15) is 9.90 Å². The Bertz CT molecular complexity index is 992. The van der Waals surface area contributed by atoms with E-state index in [1.54, 1.807) is 12.3 Å². The molecule has 1 aliphatic heterocycles. The van der Waals surface area contributed by atoms with Gasteiger partial charge in [0.2, 0.25) is 0 Å². The summed E-state index contributed by atoms with van der Waals surface area (Å²) in [6, 6.07) is 15.7. The summed E-state index contributed by atoms with van der Waals surface area (Å²) in [5.41, 5.74) is 3.39. The molecule has 1 aromatic heterocycles. The summed E-state index contributed by atoms with van der Waals surface area (Å²) in [7, 11) is 0. The van der Waals surface area contributed by atoms with Gasteiger partial charge in [0.05, 0.1) is 11.6 Å². The number of hydrogen-bond acceptors (Lipinski definition) is 2. The van der Waals surface area contributed by atoms with Crippen LogP contribution in [0.5, 0.6) is 0 Å². The molecule has 0 amide bonds. The van der Waals surface area contributed by atoms with Crippen LogP contribution in [0.25, 0.3) is 17.5 Å². The van der Waals surface area contributed by atoms with Crippen LogP contribution in [0, 0.1) is 0 Å². The zero-order chi connectivity index (χ0) is 18.1. The molecule has 0 aliphatic carbocycles. The van der Waals surface area contributed by atoms with E-state index in [1.807, 2.05) is 47.2 Å². The first kappa shape index (κ1) is 16.8. The summed E-state index contributed by atoms with van der Waals surface area (Å²) in [4.78, 5) is 16.5. The number of imidazole rings is 1. The number of aryl methyl sites for hydroxylation is 1. The fourth-order valence-corrected chi connectivity index (χ4v) is 3.87. The molecule has 1 N–H and O–H groups in total. The molecule has 4 nitrogen and oxygen atoms in total. The molecule has 2 aromatic carbocycles. The van der Waals surface area contributed by atoms with Gasteiger partial charge in [0.25, 0.3) is 0 Å². The Morgan fingerprint density at radius 2 is 2.00 bits per heavy atom. The van der Waals surface area contributed by atoms with Crippen LogP contribution in [0.15, 0.2) is 71.0 Å². The molecule has 0 fully saturated rings. The number of hydrogen-bond donors (Lipinski definition) is 1. The number of carbonyl (C=O) groups is 1. The number of carboxylic acid groups (broad SMARTS) is 1. The number of aliphatic carboxylic acids is 1. The van der Waals surface area contributed by atoms with Crippen molar-refractivity contribution in [1.29, 1.82) is 0 Å². The first-order valence-electron chi connectivity index (χ1n) is 8.45. The maximum Gasteiger partial charge on any atom is 0.333 e. The van der Waals surface area contributed by atoms with Gasteiger partial charge in [0, 0.05) is 22.4 Å². The minimum atomic E-state index is -0.893. The molecule has 0 radical (unpaired) electrons. The molecule has 1 atom stereocenters. The van der Waals surface area contributed by atoms with E-state index in [2.05, 4.69) is 33.0 Å². The Balaban J connectivity index is 1.80. The van der Waals surface area contributed by atoms with Crippen molar-refractivity contribution in [2.45, 2.75) is 18.9 Å². The van der Waals surface area contributed by atoms with Gasteiger partial charge in [-0.3, -0.25) is 0 Å². The first-order valence-corrected chi connectivity index (χ1v) is 9.24. The van der Waals surface area contributed by atoms with Crippen molar-refractivity contribution < 1.29 is 9.90 Å². The lowest BCUT2D eigenvalue weighted by molar-refractivity contribution is -0.133. The lowest BCUT2D eigenvalue weighted by atomic mass is 9.97.